The second kappa shape index (κ2) is 4.12. The van der Waals surface area contributed by atoms with Gasteiger partial charge in [-0.1, -0.05) is 0 Å². The van der Waals surface area contributed by atoms with E-state index in [2.05, 4.69) is 0 Å². The van der Waals surface area contributed by atoms with Gasteiger partial charge in [0.05, 0.1) is 5.70 Å². The minimum absolute atomic E-state index is 0.0349. The van der Waals surface area contributed by atoms with Gasteiger partial charge in [-0.25, -0.2) is 14.6 Å². The van der Waals surface area contributed by atoms with Gasteiger partial charge in [-0.15, -0.1) is 0 Å². The van der Waals surface area contributed by atoms with Crippen molar-refractivity contribution in [1.29, 1.82) is 0 Å². The van der Waals surface area contributed by atoms with Gasteiger partial charge in [0.2, 0.25) is 0 Å². The third-order valence-electron chi connectivity index (χ3n) is 1.15. The highest BCUT2D eigenvalue weighted by molar-refractivity contribution is 4.98. The molecule has 0 rings (SSSR count). The predicted molar refractivity (Wildman–Crippen MR) is 39.4 cm³/mol. The molecule has 3 nitrogen and oxygen atoms in total. The minimum Gasteiger partial charge on any atom is -0.396 e. The summed E-state index contributed by atoms with van der Waals surface area (Å²) in [6.07, 6.45) is -1.60. The number of halogens is 2. The van der Waals surface area contributed by atoms with Crippen LogP contribution in [0.15, 0.2) is 11.9 Å². The summed E-state index contributed by atoms with van der Waals surface area (Å²) in [6, 6.07) is -0.0349. The lowest BCUT2D eigenvalue weighted by Crippen LogP contribution is -2.33. The minimum atomic E-state index is -2.64. The van der Waals surface area contributed by atoms with E-state index in [9.17, 15) is 8.78 Å². The number of alkyl halides is 2. The van der Waals surface area contributed by atoms with Gasteiger partial charge < -0.3 is 10.7 Å². The molecule has 0 radical (unpaired) electrons. The quantitative estimate of drug-likeness (QED) is 0.476. The van der Waals surface area contributed by atoms with E-state index in [0.717, 1.165) is 11.2 Å². The molecule has 0 spiro atoms. The first-order chi connectivity index (χ1) is 4.95. The molecule has 0 aromatic rings. The molecule has 0 aliphatic heterocycles. The lowest BCUT2D eigenvalue weighted by Gasteiger charge is -2.18. The molecule has 0 saturated heterocycles. The third kappa shape index (κ3) is 3.77. The number of hydrazine groups is 1. The Labute approximate surface area is 64.6 Å². The summed E-state index contributed by atoms with van der Waals surface area (Å²) in [5, 5.41) is 1.14. The van der Waals surface area contributed by atoms with Crippen LogP contribution in [-0.2, 0) is 0 Å². The van der Waals surface area contributed by atoms with Crippen molar-refractivity contribution in [2.24, 2.45) is 11.6 Å². The SMILES string of the molecule is CC(C)N(N)/C=C(\N)C(F)F. The molecule has 0 aromatic carbocycles. The summed E-state index contributed by atoms with van der Waals surface area (Å²) in [6.45, 7) is 3.55. The standard InChI is InChI=1S/C6H13F2N3/c1-4(2)11(10)3-5(9)6(7)8/h3-4,6H,9-10H2,1-2H3/b5-3-. The van der Waals surface area contributed by atoms with Crippen molar-refractivity contribution < 1.29 is 8.78 Å². The Balaban J connectivity index is 4.07. The Morgan fingerprint density at radius 3 is 2.18 bits per heavy atom. The largest absolute Gasteiger partial charge is 0.396 e. The van der Waals surface area contributed by atoms with E-state index in [4.69, 9.17) is 11.6 Å². The van der Waals surface area contributed by atoms with Crippen molar-refractivity contribution >= 4 is 0 Å². The molecule has 0 heterocycles. The zero-order chi connectivity index (χ0) is 9.02. The fraction of sp³-hybridized carbons (Fsp3) is 0.667. The molecular weight excluding hydrogens is 152 g/mol. The van der Waals surface area contributed by atoms with Crippen LogP contribution in [0.1, 0.15) is 13.8 Å². The predicted octanol–water partition coefficient (Wildman–Crippen LogP) is 0.636. The average molecular weight is 165 g/mol. The van der Waals surface area contributed by atoms with Gasteiger partial charge in [0.15, 0.2) is 0 Å². The van der Waals surface area contributed by atoms with E-state index < -0.39 is 12.1 Å². The van der Waals surface area contributed by atoms with Crippen LogP contribution in [0.5, 0.6) is 0 Å². The Bertz CT molecular complexity index is 145. The molecule has 0 bridgehead atoms. The molecule has 0 amide bonds. The molecule has 0 aromatic heterocycles. The van der Waals surface area contributed by atoms with Crippen molar-refractivity contribution in [2.45, 2.75) is 26.3 Å². The molecule has 0 aliphatic rings. The fourth-order valence-electron chi connectivity index (χ4n) is 0.378. The Kier molecular flexibility index (Phi) is 3.81. The van der Waals surface area contributed by atoms with Crippen LogP contribution in [-0.4, -0.2) is 17.5 Å². The van der Waals surface area contributed by atoms with Crippen molar-refractivity contribution in [1.82, 2.24) is 5.01 Å². The van der Waals surface area contributed by atoms with Crippen molar-refractivity contribution in [3.05, 3.63) is 11.9 Å². The highest BCUT2D eigenvalue weighted by Gasteiger charge is 2.08. The van der Waals surface area contributed by atoms with Crippen LogP contribution in [0, 0.1) is 0 Å². The van der Waals surface area contributed by atoms with Crippen LogP contribution < -0.4 is 11.6 Å². The van der Waals surface area contributed by atoms with Gasteiger partial charge in [-0.3, -0.25) is 0 Å². The Hall–Kier alpha value is -0.840. The van der Waals surface area contributed by atoms with E-state index >= 15 is 0 Å². The summed E-state index contributed by atoms with van der Waals surface area (Å²) in [5.41, 5.74) is 4.43. The number of nitrogens with two attached hydrogens (primary N) is 2. The van der Waals surface area contributed by atoms with E-state index in [1.54, 1.807) is 13.8 Å². The fourth-order valence-corrected chi connectivity index (χ4v) is 0.378. The summed E-state index contributed by atoms with van der Waals surface area (Å²) >= 11 is 0. The van der Waals surface area contributed by atoms with E-state index in [-0.39, 0.29) is 6.04 Å². The third-order valence-corrected chi connectivity index (χ3v) is 1.15. The van der Waals surface area contributed by atoms with E-state index in [0.29, 0.717) is 0 Å². The normalized spacial score (nSPS) is 12.8. The van der Waals surface area contributed by atoms with Gasteiger partial charge in [0, 0.05) is 12.2 Å². The van der Waals surface area contributed by atoms with Crippen molar-refractivity contribution in [3.63, 3.8) is 0 Å². The van der Waals surface area contributed by atoms with Crippen LogP contribution in [0.2, 0.25) is 0 Å². The summed E-state index contributed by atoms with van der Waals surface area (Å²) in [7, 11) is 0. The number of allylic oxidation sites excluding steroid dienone is 1. The van der Waals surface area contributed by atoms with Crippen molar-refractivity contribution in [3.8, 4) is 0 Å². The maximum Gasteiger partial charge on any atom is 0.279 e. The van der Waals surface area contributed by atoms with Gasteiger partial charge in [0.1, 0.15) is 0 Å². The van der Waals surface area contributed by atoms with Crippen LogP contribution in [0.25, 0.3) is 0 Å². The zero-order valence-corrected chi connectivity index (χ0v) is 6.59. The first-order valence-electron chi connectivity index (χ1n) is 3.23. The molecule has 0 fully saturated rings. The van der Waals surface area contributed by atoms with E-state index in [1.807, 2.05) is 0 Å². The van der Waals surface area contributed by atoms with Crippen LogP contribution >= 0.6 is 0 Å². The molecule has 5 heteroatoms. The molecule has 0 atom stereocenters. The summed E-state index contributed by atoms with van der Waals surface area (Å²) in [4.78, 5) is 0. The van der Waals surface area contributed by atoms with Gasteiger partial charge in [0.25, 0.3) is 6.43 Å². The maximum atomic E-state index is 11.8. The van der Waals surface area contributed by atoms with Gasteiger partial charge in [-0.2, -0.15) is 0 Å². The first-order valence-corrected chi connectivity index (χ1v) is 3.23. The topological polar surface area (TPSA) is 55.3 Å². The van der Waals surface area contributed by atoms with E-state index in [1.165, 1.54) is 0 Å². The Morgan fingerprint density at radius 2 is 1.91 bits per heavy atom. The average Bonchev–Trinajstić information content (AvgIpc) is 1.87. The summed E-state index contributed by atoms with van der Waals surface area (Å²) in [5.74, 6) is 5.30. The molecule has 4 N–H and O–H groups in total. The van der Waals surface area contributed by atoms with Gasteiger partial charge >= 0.3 is 0 Å². The number of nitrogens with zero attached hydrogens (tertiary/aromatic N) is 1. The van der Waals surface area contributed by atoms with Gasteiger partial charge in [-0.05, 0) is 13.8 Å². The molecule has 0 saturated carbocycles. The van der Waals surface area contributed by atoms with Crippen molar-refractivity contribution in [2.75, 3.05) is 0 Å². The first kappa shape index (κ1) is 10.2. The molecular formula is C6H13F2N3. The number of hydrogen-bond donors (Lipinski definition) is 2. The number of rotatable bonds is 3. The smallest absolute Gasteiger partial charge is 0.279 e. The maximum absolute atomic E-state index is 11.8. The highest BCUT2D eigenvalue weighted by Crippen LogP contribution is 2.02. The highest BCUT2D eigenvalue weighted by atomic mass is 19.3. The van der Waals surface area contributed by atoms with Crippen LogP contribution in [0.4, 0.5) is 8.78 Å². The Morgan fingerprint density at radius 1 is 1.45 bits per heavy atom. The van der Waals surface area contributed by atoms with Crippen LogP contribution in [0.3, 0.4) is 0 Å². The molecule has 0 unspecified atom stereocenters. The monoisotopic (exact) mass is 165 g/mol. The second-order valence-corrected chi connectivity index (χ2v) is 2.47. The summed E-state index contributed by atoms with van der Waals surface area (Å²) < 4.78 is 23.6. The lowest BCUT2D eigenvalue weighted by molar-refractivity contribution is 0.182. The molecule has 66 valence electrons. The lowest BCUT2D eigenvalue weighted by atomic mass is 10.4. The molecule has 11 heavy (non-hydrogen) atoms. The zero-order valence-electron chi connectivity index (χ0n) is 6.59. The molecule has 0 aliphatic carbocycles. The number of hydrogen-bond acceptors (Lipinski definition) is 3. The second-order valence-electron chi connectivity index (χ2n) is 2.47.